The molecule has 2 rings (SSSR count). The second-order valence-electron chi connectivity index (χ2n) is 6.06. The van der Waals surface area contributed by atoms with Gasteiger partial charge in [0.05, 0.1) is 11.8 Å². The van der Waals surface area contributed by atoms with Gasteiger partial charge < -0.3 is 5.73 Å². The van der Waals surface area contributed by atoms with Crippen LogP contribution in [0, 0.1) is 11.8 Å². The molecule has 0 saturated carbocycles. The van der Waals surface area contributed by atoms with Gasteiger partial charge in [-0.2, -0.15) is 5.10 Å². The topological polar surface area (TPSA) is 127 Å². The highest BCUT2D eigenvalue weighted by Crippen LogP contribution is 2.22. The van der Waals surface area contributed by atoms with Gasteiger partial charge in [0, 0.05) is 30.2 Å². The van der Waals surface area contributed by atoms with Gasteiger partial charge in [-0.15, -0.1) is 0 Å². The number of nitrogens with one attached hydrogen (secondary N) is 1. The van der Waals surface area contributed by atoms with Crippen molar-refractivity contribution >= 4 is 21.4 Å². The molecule has 1 atom stereocenters. The predicted octanol–water partition coefficient (Wildman–Crippen LogP) is 0.564. The van der Waals surface area contributed by atoms with Crippen LogP contribution in [-0.2, 0) is 21.2 Å². The molecule has 2 aromatic rings. The van der Waals surface area contributed by atoms with E-state index in [-0.39, 0.29) is 13.0 Å². The van der Waals surface area contributed by atoms with Crippen LogP contribution >= 0.6 is 0 Å². The van der Waals surface area contributed by atoms with Crippen LogP contribution in [0.4, 0.5) is 5.69 Å². The number of sulfone groups is 1. The Morgan fingerprint density at radius 1 is 1.38 bits per heavy atom. The molecule has 0 fully saturated rings. The summed E-state index contributed by atoms with van der Waals surface area (Å²) in [5, 5.41) is 12.9. The molecule has 0 spiro atoms. The van der Waals surface area contributed by atoms with Crippen LogP contribution in [0.15, 0.2) is 36.7 Å². The average Bonchev–Trinajstić information content (AvgIpc) is 3.04. The third kappa shape index (κ3) is 4.41. The zero-order valence-corrected chi connectivity index (χ0v) is 15.2. The molecule has 1 aromatic carbocycles. The van der Waals surface area contributed by atoms with E-state index in [0.29, 0.717) is 11.3 Å². The van der Waals surface area contributed by atoms with E-state index in [1.54, 1.807) is 30.6 Å². The van der Waals surface area contributed by atoms with E-state index in [2.05, 4.69) is 16.9 Å². The first kappa shape index (κ1) is 19.5. The number of carbonyl (C=O) groups is 1. The highest BCUT2D eigenvalue weighted by molar-refractivity contribution is 7.92. The summed E-state index contributed by atoms with van der Waals surface area (Å²) < 4.78 is 23.6. The maximum absolute atomic E-state index is 11.9. The second-order valence-corrected chi connectivity index (χ2v) is 8.51. The molecule has 0 radical (unpaired) electrons. The predicted molar refractivity (Wildman–Crippen MR) is 96.9 cm³/mol. The Labute approximate surface area is 151 Å². The standard InChI is InChI=1S/C17H20N4O4S/c1-17(16(22)20-23,26(2,24)25)8-9-21-12-14(11-19-21)7-6-13-4-3-5-15(18)10-13/h3-5,10-12,23H,8-9,18H2,1-2H3,(H,20,22)/t17-/m1/s1. The third-order valence-electron chi connectivity index (χ3n) is 4.09. The lowest BCUT2D eigenvalue weighted by Gasteiger charge is -2.24. The number of nitrogens with zero attached hydrogens (tertiary/aromatic N) is 2. The van der Waals surface area contributed by atoms with Crippen LogP contribution in [0.25, 0.3) is 0 Å². The minimum atomic E-state index is -3.74. The van der Waals surface area contributed by atoms with Crippen molar-refractivity contribution in [2.45, 2.75) is 24.6 Å². The molecule has 26 heavy (non-hydrogen) atoms. The summed E-state index contributed by atoms with van der Waals surface area (Å²) in [6.07, 6.45) is 4.10. The van der Waals surface area contributed by atoms with Crippen LogP contribution < -0.4 is 11.2 Å². The van der Waals surface area contributed by atoms with Gasteiger partial charge in [0.1, 0.15) is 0 Å². The van der Waals surface area contributed by atoms with E-state index >= 15 is 0 Å². The summed E-state index contributed by atoms with van der Waals surface area (Å²) in [5.41, 5.74) is 9.14. The molecular weight excluding hydrogens is 356 g/mol. The zero-order chi connectivity index (χ0) is 19.4. The number of hydroxylamine groups is 1. The maximum atomic E-state index is 11.9. The van der Waals surface area contributed by atoms with E-state index in [1.165, 1.54) is 17.1 Å². The Bertz CT molecular complexity index is 972. The van der Waals surface area contributed by atoms with Gasteiger partial charge in [0.15, 0.2) is 14.6 Å². The molecule has 0 unspecified atom stereocenters. The molecule has 0 aliphatic carbocycles. The van der Waals surface area contributed by atoms with Gasteiger partial charge in [0.2, 0.25) is 0 Å². The number of amides is 1. The Balaban J connectivity index is 2.12. The summed E-state index contributed by atoms with van der Waals surface area (Å²) >= 11 is 0. The Kier molecular flexibility index (Phi) is 5.69. The lowest BCUT2D eigenvalue weighted by molar-refractivity contribution is -0.131. The first-order valence-electron chi connectivity index (χ1n) is 7.70. The third-order valence-corrected chi connectivity index (χ3v) is 6.12. The van der Waals surface area contributed by atoms with Crippen molar-refractivity contribution in [3.8, 4) is 11.8 Å². The molecular formula is C17H20N4O4S. The molecule has 1 amide bonds. The number of carbonyl (C=O) groups excluding carboxylic acids is 1. The van der Waals surface area contributed by atoms with Crippen molar-refractivity contribution < 1.29 is 18.4 Å². The van der Waals surface area contributed by atoms with Crippen molar-refractivity contribution in [2.75, 3.05) is 12.0 Å². The number of anilines is 1. The number of hydrogen-bond acceptors (Lipinski definition) is 6. The highest BCUT2D eigenvalue weighted by Gasteiger charge is 2.43. The second kappa shape index (κ2) is 7.59. The number of rotatable bonds is 5. The molecule has 0 saturated heterocycles. The Morgan fingerprint density at radius 2 is 2.08 bits per heavy atom. The monoisotopic (exact) mass is 376 g/mol. The first-order chi connectivity index (χ1) is 12.2. The lowest BCUT2D eigenvalue weighted by Crippen LogP contribution is -2.49. The van der Waals surface area contributed by atoms with Crippen LogP contribution in [0.1, 0.15) is 24.5 Å². The average molecular weight is 376 g/mol. The van der Waals surface area contributed by atoms with Crippen LogP contribution in [-0.4, -0.2) is 40.3 Å². The molecule has 0 aliphatic rings. The lowest BCUT2D eigenvalue weighted by atomic mass is 10.1. The van der Waals surface area contributed by atoms with Crippen molar-refractivity contribution in [3.63, 3.8) is 0 Å². The summed E-state index contributed by atoms with van der Waals surface area (Å²) in [4.78, 5) is 11.8. The molecule has 0 bridgehead atoms. The largest absolute Gasteiger partial charge is 0.399 e. The summed E-state index contributed by atoms with van der Waals surface area (Å²) in [6.45, 7) is 1.43. The molecule has 0 aliphatic heterocycles. The van der Waals surface area contributed by atoms with E-state index in [0.717, 1.165) is 11.8 Å². The van der Waals surface area contributed by atoms with Crippen molar-refractivity contribution in [1.82, 2.24) is 15.3 Å². The molecule has 1 heterocycles. The minimum absolute atomic E-state index is 0.0536. The zero-order valence-electron chi connectivity index (χ0n) is 14.4. The van der Waals surface area contributed by atoms with Crippen molar-refractivity contribution in [3.05, 3.63) is 47.8 Å². The maximum Gasteiger partial charge on any atom is 0.264 e. The van der Waals surface area contributed by atoms with Gasteiger partial charge in [-0.3, -0.25) is 14.7 Å². The van der Waals surface area contributed by atoms with E-state index < -0.39 is 20.5 Å². The van der Waals surface area contributed by atoms with Gasteiger partial charge in [-0.25, -0.2) is 13.9 Å². The first-order valence-corrected chi connectivity index (χ1v) is 9.59. The molecule has 4 N–H and O–H groups in total. The summed E-state index contributed by atoms with van der Waals surface area (Å²) in [7, 11) is -3.74. The molecule has 9 heteroatoms. The van der Waals surface area contributed by atoms with Gasteiger partial charge in [0.25, 0.3) is 5.91 Å². The van der Waals surface area contributed by atoms with E-state index in [9.17, 15) is 13.2 Å². The van der Waals surface area contributed by atoms with Crippen LogP contribution in [0.5, 0.6) is 0 Å². The van der Waals surface area contributed by atoms with Gasteiger partial charge in [-0.1, -0.05) is 17.9 Å². The summed E-state index contributed by atoms with van der Waals surface area (Å²) in [5.74, 6) is 4.93. The van der Waals surface area contributed by atoms with Crippen molar-refractivity contribution in [2.24, 2.45) is 0 Å². The molecule has 1 aromatic heterocycles. The number of benzene rings is 1. The Hall–Kier alpha value is -2.83. The quantitative estimate of drug-likeness (QED) is 0.303. The van der Waals surface area contributed by atoms with Gasteiger partial charge in [-0.05, 0) is 31.5 Å². The van der Waals surface area contributed by atoms with E-state index in [1.807, 2.05) is 6.07 Å². The molecule has 8 nitrogen and oxygen atoms in total. The SMILES string of the molecule is C[C@@](CCn1cc(C#Cc2cccc(N)c2)cn1)(C(=O)NO)S(C)(=O)=O. The van der Waals surface area contributed by atoms with E-state index in [4.69, 9.17) is 10.9 Å². The smallest absolute Gasteiger partial charge is 0.264 e. The fourth-order valence-corrected chi connectivity index (χ4v) is 3.07. The number of aromatic nitrogens is 2. The molecule has 138 valence electrons. The van der Waals surface area contributed by atoms with Crippen molar-refractivity contribution in [1.29, 1.82) is 0 Å². The fraction of sp³-hybridized carbons (Fsp3) is 0.294. The Morgan fingerprint density at radius 3 is 2.69 bits per heavy atom. The van der Waals surface area contributed by atoms with Crippen LogP contribution in [0.3, 0.4) is 0 Å². The minimum Gasteiger partial charge on any atom is -0.399 e. The number of nitrogens with two attached hydrogens (primary N) is 1. The number of aryl methyl sites for hydroxylation is 1. The summed E-state index contributed by atoms with van der Waals surface area (Å²) in [6, 6.07) is 7.16. The van der Waals surface area contributed by atoms with Gasteiger partial charge >= 0.3 is 0 Å². The highest BCUT2D eigenvalue weighted by atomic mass is 32.2. The number of nitrogen functional groups attached to an aromatic ring is 1. The normalized spacial score (nSPS) is 13.3. The fourth-order valence-electron chi connectivity index (χ4n) is 2.22. The number of hydrogen-bond donors (Lipinski definition) is 3. The van der Waals surface area contributed by atoms with Crippen LogP contribution in [0.2, 0.25) is 0 Å².